The maximum absolute atomic E-state index is 10.4. The molecule has 2 N–H and O–H groups in total. The van der Waals surface area contributed by atoms with Crippen LogP contribution in [-0.2, 0) is 11.2 Å². The van der Waals surface area contributed by atoms with Crippen LogP contribution >= 0.6 is 11.7 Å². The molecule has 1 heterocycles. The number of nitrogens with zero attached hydrogens (tertiary/aromatic N) is 2. The second-order valence-corrected chi connectivity index (χ2v) is 3.01. The highest BCUT2D eigenvalue weighted by molar-refractivity contribution is 6.99. The molecule has 0 aliphatic carbocycles. The molecule has 0 aliphatic rings. The molecular formula is C6H8N2O3S. The molecule has 66 valence electrons. The van der Waals surface area contributed by atoms with Crippen molar-refractivity contribution in [1.82, 2.24) is 8.75 Å². The number of carbonyl (C=O) groups is 1. The number of aliphatic carboxylic acids is 1. The molecule has 0 aliphatic heterocycles. The van der Waals surface area contributed by atoms with Crippen LogP contribution in [0.1, 0.15) is 12.6 Å². The second kappa shape index (κ2) is 3.48. The van der Waals surface area contributed by atoms with Gasteiger partial charge in [0.1, 0.15) is 5.69 Å². The van der Waals surface area contributed by atoms with Crippen molar-refractivity contribution in [1.29, 1.82) is 0 Å². The normalized spacial score (nSPS) is 12.8. The molecular weight excluding hydrogens is 180 g/mol. The van der Waals surface area contributed by atoms with Crippen LogP contribution in [0.4, 0.5) is 0 Å². The van der Waals surface area contributed by atoms with Crippen molar-refractivity contribution in [3.63, 3.8) is 0 Å². The third kappa shape index (κ3) is 1.91. The Morgan fingerprint density at radius 2 is 2.33 bits per heavy atom. The van der Waals surface area contributed by atoms with Gasteiger partial charge in [0.05, 0.1) is 17.6 Å². The lowest BCUT2D eigenvalue weighted by Crippen LogP contribution is -2.12. The first-order chi connectivity index (χ1) is 5.61. The van der Waals surface area contributed by atoms with Crippen LogP contribution < -0.4 is 0 Å². The van der Waals surface area contributed by atoms with E-state index in [2.05, 4.69) is 8.75 Å². The Morgan fingerprint density at radius 1 is 1.67 bits per heavy atom. The molecule has 0 saturated heterocycles. The summed E-state index contributed by atoms with van der Waals surface area (Å²) >= 11 is 0.877. The smallest absolute Gasteiger partial charge is 0.306 e. The zero-order valence-corrected chi connectivity index (χ0v) is 7.21. The Hall–Kier alpha value is -1.17. The Labute approximate surface area is 73.0 Å². The highest BCUT2D eigenvalue weighted by atomic mass is 32.1. The lowest BCUT2D eigenvalue weighted by molar-refractivity contribution is -0.141. The van der Waals surface area contributed by atoms with Crippen LogP contribution in [-0.4, -0.2) is 24.9 Å². The Balaban J connectivity index is 2.64. The maximum atomic E-state index is 10.4. The van der Waals surface area contributed by atoms with E-state index >= 15 is 0 Å². The van der Waals surface area contributed by atoms with Crippen molar-refractivity contribution in [2.75, 3.05) is 0 Å². The fourth-order valence-electron chi connectivity index (χ4n) is 0.708. The summed E-state index contributed by atoms with van der Waals surface area (Å²) in [7, 11) is 0. The van der Waals surface area contributed by atoms with Gasteiger partial charge in [0.15, 0.2) is 0 Å². The lowest BCUT2D eigenvalue weighted by Gasteiger charge is -2.01. The molecule has 1 aromatic rings. The SMILES string of the molecule is C[C@H](Cc1nsnc1O)C(=O)O. The highest BCUT2D eigenvalue weighted by Crippen LogP contribution is 2.16. The number of hydrogen-bond donors (Lipinski definition) is 2. The molecule has 12 heavy (non-hydrogen) atoms. The van der Waals surface area contributed by atoms with Gasteiger partial charge < -0.3 is 10.2 Å². The van der Waals surface area contributed by atoms with Gasteiger partial charge in [0, 0.05) is 6.42 Å². The fraction of sp³-hybridized carbons (Fsp3) is 0.500. The number of aromatic hydroxyl groups is 1. The second-order valence-electron chi connectivity index (χ2n) is 2.48. The molecule has 1 rings (SSSR count). The van der Waals surface area contributed by atoms with Crippen molar-refractivity contribution < 1.29 is 15.0 Å². The number of aromatic nitrogens is 2. The fourth-order valence-corrected chi connectivity index (χ4v) is 1.19. The topological polar surface area (TPSA) is 83.3 Å². The maximum Gasteiger partial charge on any atom is 0.306 e. The Kier molecular flexibility index (Phi) is 2.59. The largest absolute Gasteiger partial charge is 0.491 e. The molecule has 0 spiro atoms. The van der Waals surface area contributed by atoms with E-state index in [1.807, 2.05) is 0 Å². The summed E-state index contributed by atoms with van der Waals surface area (Å²) in [6.07, 6.45) is 0.220. The molecule has 0 saturated carbocycles. The lowest BCUT2D eigenvalue weighted by atomic mass is 10.1. The number of hydrogen-bond acceptors (Lipinski definition) is 5. The van der Waals surface area contributed by atoms with Gasteiger partial charge in [-0.1, -0.05) is 6.92 Å². The molecule has 5 nitrogen and oxygen atoms in total. The molecule has 0 bridgehead atoms. The quantitative estimate of drug-likeness (QED) is 0.722. The predicted octanol–water partition coefficient (Wildman–Crippen LogP) is 0.507. The van der Waals surface area contributed by atoms with Crippen molar-refractivity contribution in [3.05, 3.63) is 5.69 Å². The summed E-state index contributed by atoms with van der Waals surface area (Å²) in [5, 5.41) is 17.6. The van der Waals surface area contributed by atoms with Crippen LogP contribution in [0.25, 0.3) is 0 Å². The minimum Gasteiger partial charge on any atom is -0.491 e. The first-order valence-electron chi connectivity index (χ1n) is 3.34. The van der Waals surface area contributed by atoms with E-state index in [1.165, 1.54) is 0 Å². The summed E-state index contributed by atoms with van der Waals surface area (Å²) in [5.74, 6) is -1.60. The van der Waals surface area contributed by atoms with Crippen LogP contribution in [0.15, 0.2) is 0 Å². The summed E-state index contributed by atoms with van der Waals surface area (Å²) in [4.78, 5) is 10.4. The molecule has 0 fully saturated rings. The van der Waals surface area contributed by atoms with E-state index in [0.29, 0.717) is 5.69 Å². The summed E-state index contributed by atoms with van der Waals surface area (Å²) in [5.41, 5.74) is 0.356. The Morgan fingerprint density at radius 3 is 2.75 bits per heavy atom. The minimum absolute atomic E-state index is 0.159. The van der Waals surface area contributed by atoms with Crippen molar-refractivity contribution in [2.24, 2.45) is 5.92 Å². The van der Waals surface area contributed by atoms with Crippen LogP contribution in [0.2, 0.25) is 0 Å². The summed E-state index contributed by atoms with van der Waals surface area (Å²) in [6, 6.07) is 0. The van der Waals surface area contributed by atoms with E-state index in [0.717, 1.165) is 11.7 Å². The third-order valence-electron chi connectivity index (χ3n) is 1.46. The number of carboxylic acids is 1. The predicted molar refractivity (Wildman–Crippen MR) is 42.1 cm³/mol. The van der Waals surface area contributed by atoms with Gasteiger partial charge in [-0.15, -0.1) is 4.37 Å². The van der Waals surface area contributed by atoms with E-state index in [1.54, 1.807) is 6.92 Å². The standard InChI is InChI=1S/C6H8N2O3S/c1-3(6(10)11)2-4-5(9)8-12-7-4/h3H,2H2,1H3,(H,8,9)(H,10,11)/t3-/m1/s1. The van der Waals surface area contributed by atoms with Gasteiger partial charge in [-0.3, -0.25) is 4.79 Å². The molecule has 0 aromatic carbocycles. The number of rotatable bonds is 3. The van der Waals surface area contributed by atoms with Gasteiger partial charge in [0.25, 0.3) is 0 Å². The van der Waals surface area contributed by atoms with E-state index in [9.17, 15) is 4.79 Å². The van der Waals surface area contributed by atoms with Crippen LogP contribution in [0, 0.1) is 5.92 Å². The molecule has 6 heteroatoms. The first-order valence-corrected chi connectivity index (χ1v) is 4.07. The van der Waals surface area contributed by atoms with Crippen molar-refractivity contribution in [2.45, 2.75) is 13.3 Å². The first kappa shape index (κ1) is 8.92. The molecule has 1 aromatic heterocycles. The van der Waals surface area contributed by atoms with Gasteiger partial charge in [-0.25, -0.2) is 0 Å². The summed E-state index contributed by atoms with van der Waals surface area (Å²) < 4.78 is 7.28. The molecule has 0 radical (unpaired) electrons. The summed E-state index contributed by atoms with van der Waals surface area (Å²) in [6.45, 7) is 1.56. The highest BCUT2D eigenvalue weighted by Gasteiger charge is 2.16. The third-order valence-corrected chi connectivity index (χ3v) is 2.01. The van der Waals surface area contributed by atoms with Crippen LogP contribution in [0.3, 0.4) is 0 Å². The molecule has 0 unspecified atom stereocenters. The van der Waals surface area contributed by atoms with E-state index in [-0.39, 0.29) is 12.3 Å². The van der Waals surface area contributed by atoms with Crippen molar-refractivity contribution >= 4 is 17.7 Å². The van der Waals surface area contributed by atoms with Crippen LogP contribution in [0.5, 0.6) is 5.88 Å². The van der Waals surface area contributed by atoms with Gasteiger partial charge in [-0.2, -0.15) is 4.37 Å². The van der Waals surface area contributed by atoms with E-state index in [4.69, 9.17) is 10.2 Å². The average molecular weight is 188 g/mol. The number of carboxylic acid groups (broad SMARTS) is 1. The monoisotopic (exact) mass is 188 g/mol. The molecule has 0 amide bonds. The van der Waals surface area contributed by atoms with Gasteiger partial charge in [-0.05, 0) is 0 Å². The molecule has 1 atom stereocenters. The zero-order chi connectivity index (χ0) is 9.14. The van der Waals surface area contributed by atoms with Gasteiger partial charge >= 0.3 is 5.97 Å². The Bertz CT molecular complexity index is 286. The minimum atomic E-state index is -0.901. The zero-order valence-electron chi connectivity index (χ0n) is 6.39. The average Bonchev–Trinajstić information content (AvgIpc) is 2.36. The van der Waals surface area contributed by atoms with Crippen molar-refractivity contribution in [3.8, 4) is 5.88 Å². The van der Waals surface area contributed by atoms with E-state index < -0.39 is 11.9 Å². The van der Waals surface area contributed by atoms with Gasteiger partial charge in [0.2, 0.25) is 5.88 Å².